The quantitative estimate of drug-likeness (QED) is 0.689. The summed E-state index contributed by atoms with van der Waals surface area (Å²) in [7, 11) is 0. The van der Waals surface area contributed by atoms with E-state index in [9.17, 15) is 9.59 Å². The summed E-state index contributed by atoms with van der Waals surface area (Å²) >= 11 is 0. The first kappa shape index (κ1) is 9.84. The number of carbonyl (C=O) groups is 2. The average molecular weight is 226 g/mol. The summed E-state index contributed by atoms with van der Waals surface area (Å²) in [4.78, 5) is 23.0. The van der Waals surface area contributed by atoms with Crippen LogP contribution in [-0.2, 0) is 4.79 Å². The third-order valence-electron chi connectivity index (χ3n) is 2.80. The van der Waals surface area contributed by atoms with Crippen LogP contribution in [0.2, 0.25) is 0 Å². The molecular weight excluding hydrogens is 216 g/mol. The fraction of sp³-hybridized carbons (Fsp3) is 0.0769. The van der Waals surface area contributed by atoms with E-state index in [4.69, 9.17) is 0 Å². The molecular formula is C13H10N2O2. The predicted octanol–water partition coefficient (Wildman–Crippen LogP) is 1.98. The lowest BCUT2D eigenvalue weighted by Crippen LogP contribution is -2.06. The molecule has 1 amide bonds. The zero-order valence-corrected chi connectivity index (χ0v) is 9.23. The molecule has 0 spiro atoms. The summed E-state index contributed by atoms with van der Waals surface area (Å²) in [5.41, 5.74) is 2.86. The van der Waals surface area contributed by atoms with Crippen LogP contribution in [0.15, 0.2) is 36.5 Å². The maximum atomic E-state index is 12.0. The number of ketones is 1. The molecule has 17 heavy (non-hydrogen) atoms. The number of fused-ring (bicyclic) bond motifs is 3. The van der Waals surface area contributed by atoms with Gasteiger partial charge in [0.2, 0.25) is 11.7 Å². The molecule has 1 aromatic heterocycles. The Bertz CT molecular complexity index is 641. The van der Waals surface area contributed by atoms with Crippen molar-refractivity contribution >= 4 is 17.4 Å². The summed E-state index contributed by atoms with van der Waals surface area (Å²) < 4.78 is 1.84. The molecule has 4 nitrogen and oxygen atoms in total. The molecule has 1 aliphatic rings. The van der Waals surface area contributed by atoms with Gasteiger partial charge in [-0.05, 0) is 30.3 Å². The van der Waals surface area contributed by atoms with Gasteiger partial charge in [0, 0.05) is 24.4 Å². The van der Waals surface area contributed by atoms with Gasteiger partial charge < -0.3 is 9.88 Å². The number of amides is 1. The molecule has 1 aromatic carbocycles. The molecule has 0 aliphatic carbocycles. The highest BCUT2D eigenvalue weighted by Gasteiger charge is 2.25. The first-order valence-corrected chi connectivity index (χ1v) is 5.31. The average Bonchev–Trinajstić information content (AvgIpc) is 2.83. The molecule has 1 N–H and O–H groups in total. The third-order valence-corrected chi connectivity index (χ3v) is 2.80. The number of hydrogen-bond donors (Lipinski definition) is 1. The van der Waals surface area contributed by atoms with Gasteiger partial charge in [0.25, 0.3) is 0 Å². The van der Waals surface area contributed by atoms with E-state index >= 15 is 0 Å². The van der Waals surface area contributed by atoms with Crippen LogP contribution in [0.25, 0.3) is 5.69 Å². The SMILES string of the molecule is CC(=O)Nc1ccc2c(c1)-n1cccc1C2=O. The highest BCUT2D eigenvalue weighted by atomic mass is 16.1. The van der Waals surface area contributed by atoms with Crippen molar-refractivity contribution in [3.63, 3.8) is 0 Å². The van der Waals surface area contributed by atoms with E-state index in [1.165, 1.54) is 6.92 Å². The summed E-state index contributed by atoms with van der Waals surface area (Å²) in [6, 6.07) is 8.92. The van der Waals surface area contributed by atoms with Gasteiger partial charge in [0.05, 0.1) is 11.4 Å². The molecule has 3 rings (SSSR count). The lowest BCUT2D eigenvalue weighted by Gasteiger charge is -2.05. The lowest BCUT2D eigenvalue weighted by atomic mass is 10.1. The van der Waals surface area contributed by atoms with Gasteiger partial charge in [0.1, 0.15) is 0 Å². The first-order valence-electron chi connectivity index (χ1n) is 5.31. The summed E-state index contributed by atoms with van der Waals surface area (Å²) in [5, 5.41) is 2.71. The van der Waals surface area contributed by atoms with Gasteiger partial charge in [-0.15, -0.1) is 0 Å². The second-order valence-electron chi connectivity index (χ2n) is 4.01. The molecule has 84 valence electrons. The Balaban J connectivity index is 2.14. The largest absolute Gasteiger partial charge is 0.326 e. The number of hydrogen-bond acceptors (Lipinski definition) is 2. The van der Waals surface area contributed by atoms with Crippen LogP contribution in [0.1, 0.15) is 23.0 Å². The van der Waals surface area contributed by atoms with Crippen molar-refractivity contribution in [2.45, 2.75) is 6.92 Å². The number of anilines is 1. The normalized spacial score (nSPS) is 12.2. The molecule has 0 radical (unpaired) electrons. The van der Waals surface area contributed by atoms with Gasteiger partial charge in [0.15, 0.2) is 0 Å². The maximum Gasteiger partial charge on any atom is 0.221 e. The van der Waals surface area contributed by atoms with E-state index in [1.54, 1.807) is 18.2 Å². The molecule has 0 saturated carbocycles. The van der Waals surface area contributed by atoms with Crippen LogP contribution >= 0.6 is 0 Å². The van der Waals surface area contributed by atoms with Crippen LogP contribution in [0.4, 0.5) is 5.69 Å². The van der Waals surface area contributed by atoms with Crippen molar-refractivity contribution in [3.05, 3.63) is 47.8 Å². The van der Waals surface area contributed by atoms with Crippen LogP contribution in [0, 0.1) is 0 Å². The summed E-state index contributed by atoms with van der Waals surface area (Å²) in [6.07, 6.45) is 1.84. The van der Waals surface area contributed by atoms with Crippen molar-refractivity contribution in [2.24, 2.45) is 0 Å². The molecule has 0 saturated heterocycles. The molecule has 4 heteroatoms. The lowest BCUT2D eigenvalue weighted by molar-refractivity contribution is -0.114. The molecule has 0 fully saturated rings. The van der Waals surface area contributed by atoms with Gasteiger partial charge in [-0.2, -0.15) is 0 Å². The fourth-order valence-corrected chi connectivity index (χ4v) is 2.12. The minimum absolute atomic E-state index is 0.0272. The van der Waals surface area contributed by atoms with Crippen LogP contribution in [0.5, 0.6) is 0 Å². The molecule has 0 unspecified atom stereocenters. The summed E-state index contributed by atoms with van der Waals surface area (Å²) in [6.45, 7) is 1.46. The molecule has 0 bridgehead atoms. The number of nitrogens with zero attached hydrogens (tertiary/aromatic N) is 1. The predicted molar refractivity (Wildman–Crippen MR) is 63.5 cm³/mol. The molecule has 1 aliphatic heterocycles. The molecule has 2 heterocycles. The van der Waals surface area contributed by atoms with E-state index in [1.807, 2.05) is 22.9 Å². The van der Waals surface area contributed by atoms with Crippen LogP contribution in [0.3, 0.4) is 0 Å². The topological polar surface area (TPSA) is 51.1 Å². The van der Waals surface area contributed by atoms with Crippen molar-refractivity contribution in [3.8, 4) is 5.69 Å². The Morgan fingerprint density at radius 2 is 2.12 bits per heavy atom. The Labute approximate surface area is 97.9 Å². The number of rotatable bonds is 1. The zero-order valence-electron chi connectivity index (χ0n) is 9.23. The van der Waals surface area contributed by atoms with E-state index in [0.717, 1.165) is 5.69 Å². The Morgan fingerprint density at radius 3 is 2.88 bits per heavy atom. The first-order chi connectivity index (χ1) is 8.16. The van der Waals surface area contributed by atoms with Gasteiger partial charge in [-0.3, -0.25) is 9.59 Å². The van der Waals surface area contributed by atoms with Crippen molar-refractivity contribution in [1.29, 1.82) is 0 Å². The number of aromatic nitrogens is 1. The Hall–Kier alpha value is -2.36. The van der Waals surface area contributed by atoms with Gasteiger partial charge in [-0.1, -0.05) is 0 Å². The van der Waals surface area contributed by atoms with E-state index < -0.39 is 0 Å². The van der Waals surface area contributed by atoms with Crippen LogP contribution < -0.4 is 5.32 Å². The minimum atomic E-state index is -0.123. The minimum Gasteiger partial charge on any atom is -0.326 e. The second kappa shape index (κ2) is 3.31. The van der Waals surface area contributed by atoms with Crippen LogP contribution in [-0.4, -0.2) is 16.3 Å². The van der Waals surface area contributed by atoms with Crippen molar-refractivity contribution in [1.82, 2.24) is 4.57 Å². The molecule has 0 atom stereocenters. The fourth-order valence-electron chi connectivity index (χ4n) is 2.12. The maximum absolute atomic E-state index is 12.0. The Kier molecular flexibility index (Phi) is 1.92. The number of benzene rings is 1. The van der Waals surface area contributed by atoms with E-state index in [-0.39, 0.29) is 11.7 Å². The van der Waals surface area contributed by atoms with Crippen molar-refractivity contribution < 1.29 is 9.59 Å². The second-order valence-corrected chi connectivity index (χ2v) is 4.01. The number of nitrogens with one attached hydrogen (secondary N) is 1. The molecule has 2 aromatic rings. The highest BCUT2D eigenvalue weighted by Crippen LogP contribution is 2.30. The summed E-state index contributed by atoms with van der Waals surface area (Å²) in [5.74, 6) is -0.0959. The highest BCUT2D eigenvalue weighted by molar-refractivity contribution is 6.14. The monoisotopic (exact) mass is 226 g/mol. The van der Waals surface area contributed by atoms with E-state index in [2.05, 4.69) is 5.32 Å². The van der Waals surface area contributed by atoms with Gasteiger partial charge >= 0.3 is 0 Å². The Morgan fingerprint density at radius 1 is 1.29 bits per heavy atom. The van der Waals surface area contributed by atoms with E-state index in [0.29, 0.717) is 16.9 Å². The number of carbonyl (C=O) groups excluding carboxylic acids is 2. The van der Waals surface area contributed by atoms with Gasteiger partial charge in [-0.25, -0.2) is 0 Å². The smallest absolute Gasteiger partial charge is 0.221 e. The third kappa shape index (κ3) is 1.38. The standard InChI is InChI=1S/C13H10N2O2/c1-8(16)14-9-4-5-10-12(7-9)15-6-2-3-11(15)13(10)17/h2-7H,1H3,(H,14,16). The zero-order chi connectivity index (χ0) is 12.0. The van der Waals surface area contributed by atoms with Crippen molar-refractivity contribution in [2.75, 3.05) is 5.32 Å².